The molecule has 0 amide bonds. The van der Waals surface area contributed by atoms with Crippen molar-refractivity contribution in [3.63, 3.8) is 0 Å². The first kappa shape index (κ1) is 20.2. The molecule has 29 heavy (non-hydrogen) atoms. The lowest BCUT2D eigenvalue weighted by Gasteiger charge is -2.34. The van der Waals surface area contributed by atoms with Crippen LogP contribution >= 0.6 is 0 Å². The zero-order chi connectivity index (χ0) is 20.6. The molecule has 6 heteroatoms. The number of likely N-dealkylation sites (tertiary alicyclic amines) is 2. The van der Waals surface area contributed by atoms with Crippen LogP contribution in [0.25, 0.3) is 0 Å². The molecule has 2 bridgehead atoms. The summed E-state index contributed by atoms with van der Waals surface area (Å²) in [5, 5.41) is 0. The van der Waals surface area contributed by atoms with Gasteiger partial charge in [-0.25, -0.2) is 0 Å². The molecule has 155 valence electrons. The van der Waals surface area contributed by atoms with E-state index >= 15 is 0 Å². The van der Waals surface area contributed by atoms with E-state index in [9.17, 15) is 13.2 Å². The maximum Gasteiger partial charge on any atom is 0.416 e. The fourth-order valence-electron chi connectivity index (χ4n) is 4.67. The van der Waals surface area contributed by atoms with E-state index in [1.807, 2.05) is 0 Å². The van der Waals surface area contributed by atoms with Gasteiger partial charge in [-0.1, -0.05) is 29.3 Å². The minimum absolute atomic E-state index is 0.223. The second-order valence-corrected chi connectivity index (χ2v) is 8.27. The highest BCUT2D eigenvalue weighted by molar-refractivity contribution is 5.30. The molecule has 2 fully saturated rings. The summed E-state index contributed by atoms with van der Waals surface area (Å²) in [6, 6.07) is 13.7. The van der Waals surface area contributed by atoms with E-state index in [2.05, 4.69) is 47.9 Å². The van der Waals surface area contributed by atoms with E-state index in [0.717, 1.165) is 44.7 Å². The van der Waals surface area contributed by atoms with Crippen molar-refractivity contribution in [2.45, 2.75) is 45.1 Å². The van der Waals surface area contributed by atoms with Gasteiger partial charge in [-0.15, -0.1) is 0 Å². The van der Waals surface area contributed by atoms with Crippen LogP contribution in [0, 0.1) is 19.9 Å². The van der Waals surface area contributed by atoms with Crippen LogP contribution in [0.15, 0.2) is 36.4 Å². The zero-order valence-corrected chi connectivity index (χ0v) is 16.8. The Kier molecular flexibility index (Phi) is 5.58. The van der Waals surface area contributed by atoms with Crippen molar-refractivity contribution in [3.8, 4) is 5.75 Å². The van der Waals surface area contributed by atoms with E-state index in [1.165, 1.54) is 22.8 Å². The third-order valence-corrected chi connectivity index (χ3v) is 5.87. The number of aryl methyl sites for hydroxylation is 2. The van der Waals surface area contributed by atoms with E-state index in [0.29, 0.717) is 18.7 Å². The number of rotatable bonds is 6. The normalized spacial score (nSPS) is 22.4. The molecule has 2 saturated heterocycles. The molecule has 3 nitrogen and oxygen atoms in total. The van der Waals surface area contributed by atoms with Crippen molar-refractivity contribution in [3.05, 3.63) is 64.7 Å². The van der Waals surface area contributed by atoms with Crippen molar-refractivity contribution in [1.82, 2.24) is 9.80 Å². The molecule has 2 aromatic rings. The molecule has 2 atom stereocenters. The van der Waals surface area contributed by atoms with Gasteiger partial charge in [0.2, 0.25) is 0 Å². The smallest absolute Gasteiger partial charge is 0.416 e. The maximum absolute atomic E-state index is 12.8. The summed E-state index contributed by atoms with van der Waals surface area (Å²) in [6.45, 7) is 8.40. The van der Waals surface area contributed by atoms with E-state index in [4.69, 9.17) is 4.74 Å². The first-order valence-electron chi connectivity index (χ1n) is 10.0. The molecule has 2 aliphatic rings. The Bertz CT molecular complexity index is 847. The Morgan fingerprint density at radius 2 is 1.69 bits per heavy atom. The van der Waals surface area contributed by atoms with E-state index in [-0.39, 0.29) is 5.75 Å². The minimum atomic E-state index is -4.37. The number of alkyl halides is 3. The average Bonchev–Trinajstić information content (AvgIpc) is 3.20. The number of hydrogen-bond donors (Lipinski definition) is 0. The molecule has 0 spiro atoms. The van der Waals surface area contributed by atoms with Crippen LogP contribution in [0.5, 0.6) is 5.75 Å². The fraction of sp³-hybridized carbons (Fsp3) is 0.478. The Morgan fingerprint density at radius 1 is 1.00 bits per heavy atom. The Labute approximate surface area is 170 Å². The standard InChI is InChI=1S/C23H26F3N2O/c1-16-8-17(2)10-18(9-16)13-28-15-20-12-21(28)14-27(20)6-7-29-22-5-3-4-19(11-22)23(24,25)26/h4-5,8-11,20-21H,6-7,12-15H2,1-2H3/t20?,21-/m0/s1. The number of nitrogens with zero attached hydrogens (tertiary/aromatic N) is 2. The van der Waals surface area contributed by atoms with E-state index in [1.54, 1.807) is 0 Å². The Hall–Kier alpha value is -2.05. The van der Waals surface area contributed by atoms with Crippen LogP contribution in [-0.4, -0.2) is 48.1 Å². The van der Waals surface area contributed by atoms with Gasteiger partial charge in [-0.05, 0) is 50.1 Å². The van der Waals surface area contributed by atoms with Gasteiger partial charge < -0.3 is 4.74 Å². The van der Waals surface area contributed by atoms with Gasteiger partial charge in [0.25, 0.3) is 0 Å². The van der Waals surface area contributed by atoms with Gasteiger partial charge in [-0.3, -0.25) is 9.80 Å². The molecular weight excluding hydrogens is 377 g/mol. The summed E-state index contributed by atoms with van der Waals surface area (Å²) >= 11 is 0. The lowest BCUT2D eigenvalue weighted by Crippen LogP contribution is -2.47. The summed E-state index contributed by atoms with van der Waals surface area (Å²) in [6.07, 6.45) is -3.22. The lowest BCUT2D eigenvalue weighted by atomic mass is 10.1. The maximum atomic E-state index is 12.8. The third kappa shape index (κ3) is 4.75. The summed E-state index contributed by atoms with van der Waals surface area (Å²) in [5.41, 5.74) is 3.24. The topological polar surface area (TPSA) is 15.7 Å². The molecule has 1 unspecified atom stereocenters. The van der Waals surface area contributed by atoms with Gasteiger partial charge in [-0.2, -0.15) is 13.2 Å². The van der Waals surface area contributed by atoms with Gasteiger partial charge in [0.1, 0.15) is 12.4 Å². The number of fused-ring (bicyclic) bond motifs is 2. The fourth-order valence-corrected chi connectivity index (χ4v) is 4.67. The molecule has 1 radical (unpaired) electrons. The minimum Gasteiger partial charge on any atom is -0.492 e. The third-order valence-electron chi connectivity index (χ3n) is 5.87. The molecule has 0 N–H and O–H groups in total. The Morgan fingerprint density at radius 3 is 2.34 bits per heavy atom. The molecule has 0 aliphatic carbocycles. The molecule has 2 heterocycles. The molecule has 0 saturated carbocycles. The molecule has 0 aromatic heterocycles. The molecule has 4 rings (SSSR count). The van der Waals surface area contributed by atoms with Crippen molar-refractivity contribution in [2.24, 2.45) is 0 Å². The highest BCUT2D eigenvalue weighted by atomic mass is 19.4. The summed E-state index contributed by atoms with van der Waals surface area (Å²) in [5.74, 6) is 0.223. The second-order valence-electron chi connectivity index (χ2n) is 8.27. The highest BCUT2D eigenvalue weighted by Crippen LogP contribution is 2.33. The molecule has 2 aliphatic heterocycles. The molecular formula is C23H26F3N2O. The van der Waals surface area contributed by atoms with Crippen molar-refractivity contribution < 1.29 is 17.9 Å². The van der Waals surface area contributed by atoms with Crippen LogP contribution in [0.3, 0.4) is 0 Å². The summed E-state index contributed by atoms with van der Waals surface area (Å²) in [7, 11) is 0. The lowest BCUT2D eigenvalue weighted by molar-refractivity contribution is -0.137. The number of piperazine rings is 1. The van der Waals surface area contributed by atoms with Crippen molar-refractivity contribution in [2.75, 3.05) is 26.2 Å². The zero-order valence-electron chi connectivity index (χ0n) is 16.8. The molecule has 2 aromatic carbocycles. The SMILES string of the molecule is Cc1cc(C)cc(CN2CC3C[C@H]2CN3CCOc2c[c]cc(C(F)(F)F)c2)c1. The largest absolute Gasteiger partial charge is 0.492 e. The average molecular weight is 403 g/mol. The quantitative estimate of drug-likeness (QED) is 0.708. The monoisotopic (exact) mass is 403 g/mol. The van der Waals surface area contributed by atoms with Crippen LogP contribution in [-0.2, 0) is 12.7 Å². The van der Waals surface area contributed by atoms with Gasteiger partial charge in [0.15, 0.2) is 0 Å². The van der Waals surface area contributed by atoms with Crippen LogP contribution in [0.1, 0.15) is 28.7 Å². The predicted octanol–water partition coefficient (Wildman–Crippen LogP) is 4.46. The predicted molar refractivity (Wildman–Crippen MR) is 106 cm³/mol. The number of hydrogen-bond acceptors (Lipinski definition) is 3. The van der Waals surface area contributed by atoms with Crippen molar-refractivity contribution in [1.29, 1.82) is 0 Å². The van der Waals surface area contributed by atoms with Crippen molar-refractivity contribution >= 4 is 0 Å². The first-order valence-corrected chi connectivity index (χ1v) is 10.0. The first-order chi connectivity index (χ1) is 13.8. The summed E-state index contributed by atoms with van der Waals surface area (Å²) in [4.78, 5) is 4.96. The van der Waals surface area contributed by atoms with Gasteiger partial charge >= 0.3 is 6.18 Å². The number of halogens is 3. The highest BCUT2D eigenvalue weighted by Gasteiger charge is 2.42. The van der Waals surface area contributed by atoms with Crippen LogP contribution < -0.4 is 4.74 Å². The second kappa shape index (κ2) is 8.00. The van der Waals surface area contributed by atoms with Crippen LogP contribution in [0.2, 0.25) is 0 Å². The Balaban J connectivity index is 1.26. The van der Waals surface area contributed by atoms with Gasteiger partial charge in [0.05, 0.1) is 5.56 Å². The van der Waals surface area contributed by atoms with Crippen LogP contribution in [0.4, 0.5) is 13.2 Å². The van der Waals surface area contributed by atoms with E-state index < -0.39 is 11.7 Å². The number of benzene rings is 2. The van der Waals surface area contributed by atoms with Gasteiger partial charge in [0, 0.05) is 38.3 Å². The number of ether oxygens (including phenoxy) is 1. The summed E-state index contributed by atoms with van der Waals surface area (Å²) < 4.78 is 43.9.